The van der Waals surface area contributed by atoms with E-state index in [4.69, 9.17) is 11.6 Å². The standard InChI is InChI=1S/C24H22ClF3N2O3S2/c25-22-12-11-19(15-21(22)24(26,27)28)30(35(32,33)20-9-5-2-6-10-20)16-23(31)29-13-14-34-17-18-7-3-1-4-8-18/h1-12,15H,13-14,16-17H2,(H,29,31). The van der Waals surface area contributed by atoms with E-state index >= 15 is 0 Å². The minimum Gasteiger partial charge on any atom is -0.354 e. The highest BCUT2D eigenvalue weighted by atomic mass is 35.5. The second kappa shape index (κ2) is 11.8. The zero-order chi connectivity index (χ0) is 25.5. The Balaban J connectivity index is 1.76. The summed E-state index contributed by atoms with van der Waals surface area (Å²) in [4.78, 5) is 12.5. The molecule has 0 aromatic heterocycles. The number of alkyl halides is 3. The number of benzene rings is 3. The number of thioether (sulfide) groups is 1. The van der Waals surface area contributed by atoms with E-state index < -0.39 is 39.2 Å². The van der Waals surface area contributed by atoms with E-state index in [0.717, 1.165) is 23.4 Å². The van der Waals surface area contributed by atoms with Gasteiger partial charge in [-0.15, -0.1) is 0 Å². The van der Waals surface area contributed by atoms with E-state index in [1.807, 2.05) is 30.3 Å². The van der Waals surface area contributed by atoms with E-state index in [-0.39, 0.29) is 17.1 Å². The smallest absolute Gasteiger partial charge is 0.354 e. The fourth-order valence-electron chi connectivity index (χ4n) is 3.13. The molecule has 11 heteroatoms. The molecular weight excluding hydrogens is 521 g/mol. The first-order valence-corrected chi connectivity index (χ1v) is 13.4. The summed E-state index contributed by atoms with van der Waals surface area (Å²) in [6.07, 6.45) is -4.80. The van der Waals surface area contributed by atoms with Gasteiger partial charge in [-0.1, -0.05) is 60.1 Å². The number of carbonyl (C=O) groups is 1. The predicted octanol–water partition coefficient (Wildman–Crippen LogP) is 5.60. The fourth-order valence-corrected chi connectivity index (χ4v) is 5.61. The monoisotopic (exact) mass is 542 g/mol. The molecule has 1 N–H and O–H groups in total. The second-order valence-corrected chi connectivity index (χ2v) is 10.7. The van der Waals surface area contributed by atoms with Gasteiger partial charge in [-0.3, -0.25) is 9.10 Å². The van der Waals surface area contributed by atoms with Gasteiger partial charge >= 0.3 is 6.18 Å². The van der Waals surface area contributed by atoms with Gasteiger partial charge in [0.1, 0.15) is 6.54 Å². The fraction of sp³-hybridized carbons (Fsp3) is 0.208. The number of nitrogens with one attached hydrogen (secondary N) is 1. The van der Waals surface area contributed by atoms with Crippen LogP contribution in [0.4, 0.5) is 18.9 Å². The Hall–Kier alpha value is -2.69. The maximum atomic E-state index is 13.4. The summed E-state index contributed by atoms with van der Waals surface area (Å²) in [5.41, 5.74) is -0.381. The Labute approximate surface area is 211 Å². The van der Waals surface area contributed by atoms with Crippen molar-refractivity contribution >= 4 is 45.0 Å². The van der Waals surface area contributed by atoms with Crippen LogP contribution in [-0.2, 0) is 26.7 Å². The molecule has 0 saturated carbocycles. The van der Waals surface area contributed by atoms with Crippen molar-refractivity contribution in [1.29, 1.82) is 0 Å². The van der Waals surface area contributed by atoms with Gasteiger partial charge in [0.25, 0.3) is 10.0 Å². The first-order valence-electron chi connectivity index (χ1n) is 10.4. The molecule has 3 aromatic rings. The normalized spacial score (nSPS) is 11.8. The van der Waals surface area contributed by atoms with Crippen LogP contribution in [0, 0.1) is 0 Å². The number of halogens is 4. The first kappa shape index (κ1) is 26.9. The lowest BCUT2D eigenvalue weighted by Gasteiger charge is -2.25. The van der Waals surface area contributed by atoms with E-state index in [0.29, 0.717) is 16.1 Å². The number of hydrogen-bond acceptors (Lipinski definition) is 4. The largest absolute Gasteiger partial charge is 0.417 e. The molecular formula is C24H22ClF3N2O3S2. The minimum atomic E-state index is -4.80. The zero-order valence-corrected chi connectivity index (χ0v) is 20.7. The summed E-state index contributed by atoms with van der Waals surface area (Å²) >= 11 is 7.28. The molecule has 5 nitrogen and oxygen atoms in total. The van der Waals surface area contributed by atoms with Crippen molar-refractivity contribution in [2.45, 2.75) is 16.8 Å². The lowest BCUT2D eigenvalue weighted by molar-refractivity contribution is -0.137. The molecule has 0 aliphatic heterocycles. The van der Waals surface area contributed by atoms with E-state index in [1.54, 1.807) is 17.8 Å². The van der Waals surface area contributed by atoms with Crippen molar-refractivity contribution in [3.8, 4) is 0 Å². The highest BCUT2D eigenvalue weighted by molar-refractivity contribution is 7.98. The van der Waals surface area contributed by atoms with Crippen LogP contribution in [0.2, 0.25) is 5.02 Å². The van der Waals surface area contributed by atoms with Gasteiger partial charge in [0, 0.05) is 18.1 Å². The number of nitrogens with zero attached hydrogens (tertiary/aromatic N) is 1. The Morgan fingerprint density at radius 2 is 1.60 bits per heavy atom. The van der Waals surface area contributed by atoms with Gasteiger partial charge in [0.15, 0.2) is 0 Å². The third kappa shape index (κ3) is 7.39. The molecule has 0 aliphatic rings. The molecule has 3 rings (SSSR count). The molecule has 0 spiro atoms. The highest BCUT2D eigenvalue weighted by Gasteiger charge is 2.35. The van der Waals surface area contributed by atoms with Crippen LogP contribution in [0.15, 0.2) is 83.8 Å². The number of hydrogen-bond donors (Lipinski definition) is 1. The van der Waals surface area contributed by atoms with Gasteiger partial charge in [-0.05, 0) is 35.9 Å². The van der Waals surface area contributed by atoms with Gasteiger partial charge in [0.05, 0.1) is 21.2 Å². The molecule has 0 saturated heterocycles. The molecule has 0 aliphatic carbocycles. The van der Waals surface area contributed by atoms with E-state index in [1.165, 1.54) is 24.3 Å². The topological polar surface area (TPSA) is 66.5 Å². The summed E-state index contributed by atoms with van der Waals surface area (Å²) in [7, 11) is -4.34. The van der Waals surface area contributed by atoms with Gasteiger partial charge < -0.3 is 5.32 Å². The third-order valence-electron chi connectivity index (χ3n) is 4.84. The Kier molecular flexibility index (Phi) is 9.09. The molecule has 1 amide bonds. The van der Waals surface area contributed by atoms with E-state index in [9.17, 15) is 26.4 Å². The van der Waals surface area contributed by atoms with Crippen molar-refractivity contribution in [2.75, 3.05) is 23.1 Å². The molecule has 3 aromatic carbocycles. The summed E-state index contributed by atoms with van der Waals surface area (Å²) in [6.45, 7) is -0.427. The molecule has 35 heavy (non-hydrogen) atoms. The molecule has 186 valence electrons. The molecule has 0 heterocycles. The van der Waals surface area contributed by atoms with E-state index in [2.05, 4.69) is 5.32 Å². The summed E-state index contributed by atoms with van der Waals surface area (Å²) < 4.78 is 67.4. The third-order valence-corrected chi connectivity index (χ3v) is 7.99. The van der Waals surface area contributed by atoms with Gasteiger partial charge in [-0.2, -0.15) is 24.9 Å². The van der Waals surface area contributed by atoms with Crippen molar-refractivity contribution < 1.29 is 26.4 Å². The van der Waals surface area contributed by atoms with Gasteiger partial charge in [-0.25, -0.2) is 8.42 Å². The molecule has 0 atom stereocenters. The number of sulfonamides is 1. The number of amides is 1. The zero-order valence-electron chi connectivity index (χ0n) is 18.3. The minimum absolute atomic E-state index is 0.158. The number of carbonyl (C=O) groups excluding carboxylic acids is 1. The lowest BCUT2D eigenvalue weighted by Crippen LogP contribution is -2.41. The highest BCUT2D eigenvalue weighted by Crippen LogP contribution is 2.38. The summed E-state index contributed by atoms with van der Waals surface area (Å²) in [6, 6.07) is 19.7. The van der Waals surface area contributed by atoms with Crippen LogP contribution in [-0.4, -0.2) is 33.2 Å². The molecule has 0 fully saturated rings. The van der Waals surface area contributed by atoms with Gasteiger partial charge in [0.2, 0.25) is 5.91 Å². The average Bonchev–Trinajstić information content (AvgIpc) is 2.83. The van der Waals surface area contributed by atoms with Crippen molar-refractivity contribution in [3.05, 3.63) is 95.0 Å². The molecule has 0 unspecified atom stereocenters. The average molecular weight is 543 g/mol. The number of anilines is 1. The Bertz CT molecular complexity index is 1240. The second-order valence-electron chi connectivity index (χ2n) is 7.37. The summed E-state index contributed by atoms with van der Waals surface area (Å²) in [5, 5.41) is 2.06. The van der Waals surface area contributed by atoms with Crippen molar-refractivity contribution in [3.63, 3.8) is 0 Å². The van der Waals surface area contributed by atoms with Crippen LogP contribution >= 0.6 is 23.4 Å². The Morgan fingerprint density at radius 1 is 0.971 bits per heavy atom. The molecule has 0 bridgehead atoms. The van der Waals surface area contributed by atoms with Crippen molar-refractivity contribution in [1.82, 2.24) is 5.32 Å². The van der Waals surface area contributed by atoms with Crippen molar-refractivity contribution in [2.24, 2.45) is 0 Å². The quantitative estimate of drug-likeness (QED) is 0.338. The van der Waals surface area contributed by atoms with Crippen LogP contribution in [0.25, 0.3) is 0 Å². The van der Waals surface area contributed by atoms with Crippen LogP contribution in [0.1, 0.15) is 11.1 Å². The maximum absolute atomic E-state index is 13.4. The van der Waals surface area contributed by atoms with Crippen LogP contribution < -0.4 is 9.62 Å². The maximum Gasteiger partial charge on any atom is 0.417 e. The number of rotatable bonds is 10. The molecule has 0 radical (unpaired) electrons. The summed E-state index contributed by atoms with van der Waals surface area (Å²) in [5.74, 6) is 0.676. The Morgan fingerprint density at radius 3 is 2.23 bits per heavy atom. The van der Waals surface area contributed by atoms with Crippen LogP contribution in [0.5, 0.6) is 0 Å². The lowest BCUT2D eigenvalue weighted by atomic mass is 10.2. The predicted molar refractivity (Wildman–Crippen MR) is 133 cm³/mol. The SMILES string of the molecule is O=C(CN(c1ccc(Cl)c(C(F)(F)F)c1)S(=O)(=O)c1ccccc1)NCCSCc1ccccc1. The first-order chi connectivity index (χ1) is 16.6. The van der Waals surface area contributed by atoms with Crippen LogP contribution in [0.3, 0.4) is 0 Å².